The summed E-state index contributed by atoms with van der Waals surface area (Å²) in [6.45, 7) is 1.79. The van der Waals surface area contributed by atoms with Gasteiger partial charge in [0, 0.05) is 0 Å². The Balaban J connectivity index is 1.51. The minimum atomic E-state index is -1.28. The average Bonchev–Trinajstić information content (AvgIpc) is 3.65. The molecule has 0 unspecified atom stereocenters. The standard InChI is InChI=1S/C25H26N8O3/c1-25(15-8-3-2-4-9-15,23(35)28-17-10-5-6-11-18(17)34)33-22-16(14-27-33)21-29-20(19-12-7-13-36-19)31-32(21)24(26)30-22/h2-4,7-9,12-14,17-18,34H,5-6,10-11H2,1H3,(H2,26,30)(H,28,35)/t17-,18+,25-/m1/s1. The van der Waals surface area contributed by atoms with Crippen LogP contribution >= 0.6 is 0 Å². The van der Waals surface area contributed by atoms with Crippen molar-refractivity contribution in [1.82, 2.24) is 34.7 Å². The Morgan fingerprint density at radius 3 is 2.69 bits per heavy atom. The zero-order valence-electron chi connectivity index (χ0n) is 19.7. The van der Waals surface area contributed by atoms with Crippen LogP contribution in [0.1, 0.15) is 38.2 Å². The number of nitrogens with one attached hydrogen (secondary N) is 1. The number of fused-ring (bicyclic) bond motifs is 3. The molecule has 184 valence electrons. The first kappa shape index (κ1) is 22.2. The number of carbonyl (C=O) groups excluding carboxylic acids is 1. The second-order valence-electron chi connectivity index (χ2n) is 9.28. The Bertz CT molecular complexity index is 1540. The molecule has 1 aliphatic rings. The Morgan fingerprint density at radius 2 is 1.94 bits per heavy atom. The lowest BCUT2D eigenvalue weighted by molar-refractivity contribution is -0.129. The van der Waals surface area contributed by atoms with E-state index in [1.54, 1.807) is 36.2 Å². The molecular formula is C25H26N8O3. The van der Waals surface area contributed by atoms with E-state index in [1.807, 2.05) is 30.3 Å². The van der Waals surface area contributed by atoms with Crippen molar-refractivity contribution in [1.29, 1.82) is 0 Å². The number of furan rings is 1. The van der Waals surface area contributed by atoms with Gasteiger partial charge in [0.15, 0.2) is 22.6 Å². The minimum absolute atomic E-state index is 0.100. The van der Waals surface area contributed by atoms with Crippen LogP contribution in [-0.2, 0) is 10.3 Å². The first-order valence-corrected chi connectivity index (χ1v) is 12.0. The van der Waals surface area contributed by atoms with E-state index in [-0.39, 0.29) is 17.9 Å². The number of anilines is 1. The lowest BCUT2D eigenvalue weighted by Crippen LogP contribution is -2.54. The number of rotatable bonds is 5. The van der Waals surface area contributed by atoms with Gasteiger partial charge in [-0.3, -0.25) is 4.79 Å². The zero-order chi connectivity index (χ0) is 24.9. The van der Waals surface area contributed by atoms with Crippen molar-refractivity contribution in [2.24, 2.45) is 0 Å². The van der Waals surface area contributed by atoms with Crippen LogP contribution in [0.4, 0.5) is 5.95 Å². The number of aromatic nitrogens is 6. The molecule has 1 fully saturated rings. The van der Waals surface area contributed by atoms with E-state index in [9.17, 15) is 9.90 Å². The highest BCUT2D eigenvalue weighted by Gasteiger charge is 2.42. The number of aliphatic hydroxyl groups is 1. The quantitative estimate of drug-likeness (QED) is 0.343. The molecule has 0 aliphatic heterocycles. The number of aliphatic hydroxyl groups excluding tert-OH is 1. The molecule has 4 N–H and O–H groups in total. The second kappa shape index (κ2) is 8.45. The fourth-order valence-corrected chi connectivity index (χ4v) is 4.95. The van der Waals surface area contributed by atoms with E-state index in [0.717, 1.165) is 24.8 Å². The van der Waals surface area contributed by atoms with E-state index in [4.69, 9.17) is 10.2 Å². The maximum absolute atomic E-state index is 13.9. The van der Waals surface area contributed by atoms with E-state index in [0.29, 0.717) is 34.7 Å². The highest BCUT2D eigenvalue weighted by atomic mass is 16.3. The number of benzene rings is 1. The molecule has 1 aliphatic carbocycles. The summed E-state index contributed by atoms with van der Waals surface area (Å²) in [5, 5.41) is 23.2. The van der Waals surface area contributed by atoms with Crippen LogP contribution in [0.2, 0.25) is 0 Å². The molecule has 1 aromatic carbocycles. The largest absolute Gasteiger partial charge is 0.461 e. The smallest absolute Gasteiger partial charge is 0.252 e. The molecular weight excluding hydrogens is 460 g/mol. The molecule has 0 radical (unpaired) electrons. The molecule has 5 aromatic rings. The van der Waals surface area contributed by atoms with Gasteiger partial charge in [0.05, 0.1) is 30.0 Å². The first-order valence-electron chi connectivity index (χ1n) is 12.0. The highest BCUT2D eigenvalue weighted by Crippen LogP contribution is 2.32. The van der Waals surface area contributed by atoms with Crippen molar-refractivity contribution in [2.75, 3.05) is 5.73 Å². The number of hydrogen-bond acceptors (Lipinski definition) is 8. The predicted molar refractivity (Wildman–Crippen MR) is 132 cm³/mol. The van der Waals surface area contributed by atoms with Gasteiger partial charge in [-0.05, 0) is 37.5 Å². The Kier molecular flexibility index (Phi) is 5.22. The fraction of sp³-hybridized carbons (Fsp3) is 0.320. The summed E-state index contributed by atoms with van der Waals surface area (Å²) in [5.41, 5.74) is 6.57. The minimum Gasteiger partial charge on any atom is -0.461 e. The van der Waals surface area contributed by atoms with Crippen molar-refractivity contribution < 1.29 is 14.3 Å². The maximum Gasteiger partial charge on any atom is 0.252 e. The molecule has 0 saturated heterocycles. The second-order valence-corrected chi connectivity index (χ2v) is 9.28. The third-order valence-corrected chi connectivity index (χ3v) is 7.02. The Morgan fingerprint density at radius 1 is 1.14 bits per heavy atom. The summed E-state index contributed by atoms with van der Waals surface area (Å²) >= 11 is 0. The molecule has 36 heavy (non-hydrogen) atoms. The maximum atomic E-state index is 13.9. The van der Waals surface area contributed by atoms with Gasteiger partial charge in [0.25, 0.3) is 5.91 Å². The van der Waals surface area contributed by atoms with Crippen molar-refractivity contribution >= 4 is 28.5 Å². The van der Waals surface area contributed by atoms with Crippen molar-refractivity contribution in [3.8, 4) is 11.6 Å². The number of hydrogen-bond donors (Lipinski definition) is 3. The molecule has 1 saturated carbocycles. The summed E-state index contributed by atoms with van der Waals surface area (Å²) in [4.78, 5) is 23.1. The number of nitrogens with two attached hydrogens (primary N) is 1. The SMILES string of the molecule is C[C@](C(=O)N[C@@H]1CCCC[C@@H]1O)(c1ccccc1)n1ncc2c1nc(N)n1nc(-c3ccco3)nc21. The number of carbonyl (C=O) groups is 1. The van der Waals surface area contributed by atoms with Gasteiger partial charge in [-0.1, -0.05) is 43.2 Å². The van der Waals surface area contributed by atoms with Crippen LogP contribution in [0.25, 0.3) is 28.3 Å². The Hall–Kier alpha value is -4.25. The van der Waals surface area contributed by atoms with Crippen LogP contribution in [0.5, 0.6) is 0 Å². The van der Waals surface area contributed by atoms with Gasteiger partial charge in [0.1, 0.15) is 0 Å². The Labute approximate surface area is 205 Å². The van der Waals surface area contributed by atoms with E-state index in [1.165, 1.54) is 4.52 Å². The summed E-state index contributed by atoms with van der Waals surface area (Å²) in [7, 11) is 0. The van der Waals surface area contributed by atoms with Crippen LogP contribution in [0.15, 0.2) is 59.3 Å². The number of amides is 1. The van der Waals surface area contributed by atoms with Crippen LogP contribution in [0, 0.1) is 0 Å². The first-order chi connectivity index (χ1) is 17.5. The molecule has 11 nitrogen and oxygen atoms in total. The van der Waals surface area contributed by atoms with Gasteiger partial charge in [0.2, 0.25) is 11.8 Å². The topological polar surface area (TPSA) is 149 Å². The zero-order valence-corrected chi connectivity index (χ0v) is 19.7. The van der Waals surface area contributed by atoms with Crippen LogP contribution in [-0.4, -0.2) is 52.5 Å². The molecule has 1 amide bonds. The third-order valence-electron chi connectivity index (χ3n) is 7.02. The van der Waals surface area contributed by atoms with E-state index >= 15 is 0 Å². The lowest BCUT2D eigenvalue weighted by atomic mass is 9.88. The molecule has 4 aromatic heterocycles. The van der Waals surface area contributed by atoms with Gasteiger partial charge in [-0.15, -0.1) is 5.10 Å². The van der Waals surface area contributed by atoms with E-state index < -0.39 is 11.6 Å². The normalized spacial score (nSPS) is 19.9. The van der Waals surface area contributed by atoms with Gasteiger partial charge in [-0.2, -0.15) is 14.6 Å². The highest BCUT2D eigenvalue weighted by molar-refractivity contribution is 5.94. The summed E-state index contributed by atoms with van der Waals surface area (Å²) in [5.74, 6) is 0.674. The van der Waals surface area contributed by atoms with Gasteiger partial charge in [-0.25, -0.2) is 9.67 Å². The lowest BCUT2D eigenvalue weighted by Gasteiger charge is -2.34. The predicted octanol–water partition coefficient (Wildman–Crippen LogP) is 2.50. The van der Waals surface area contributed by atoms with Crippen molar-refractivity contribution in [3.63, 3.8) is 0 Å². The molecule has 3 atom stereocenters. The molecule has 4 heterocycles. The summed E-state index contributed by atoms with van der Waals surface area (Å²) in [6.07, 6.45) is 5.87. The van der Waals surface area contributed by atoms with E-state index in [2.05, 4.69) is 25.5 Å². The van der Waals surface area contributed by atoms with Crippen LogP contribution < -0.4 is 11.1 Å². The monoisotopic (exact) mass is 486 g/mol. The molecule has 11 heteroatoms. The summed E-state index contributed by atoms with van der Waals surface area (Å²) < 4.78 is 8.44. The van der Waals surface area contributed by atoms with Gasteiger partial charge < -0.3 is 20.6 Å². The molecule has 0 spiro atoms. The van der Waals surface area contributed by atoms with Crippen molar-refractivity contribution in [2.45, 2.75) is 50.3 Å². The third kappa shape index (κ3) is 3.42. The number of nitrogen functional groups attached to an aromatic ring is 1. The number of nitrogens with zero attached hydrogens (tertiary/aromatic N) is 6. The average molecular weight is 487 g/mol. The van der Waals surface area contributed by atoms with Gasteiger partial charge >= 0.3 is 0 Å². The summed E-state index contributed by atoms with van der Waals surface area (Å²) in [6, 6.07) is 12.6. The molecule has 6 rings (SSSR count). The van der Waals surface area contributed by atoms with Crippen molar-refractivity contribution in [3.05, 3.63) is 60.5 Å². The van der Waals surface area contributed by atoms with Crippen LogP contribution in [0.3, 0.4) is 0 Å². The molecule has 0 bridgehead atoms. The fourth-order valence-electron chi connectivity index (χ4n) is 4.95.